The van der Waals surface area contributed by atoms with Crippen LogP contribution >= 0.6 is 23.2 Å². The van der Waals surface area contributed by atoms with Crippen LogP contribution in [0.5, 0.6) is 5.75 Å². The molecule has 0 aliphatic heterocycles. The molecule has 3 aromatic rings. The van der Waals surface area contributed by atoms with Crippen molar-refractivity contribution in [1.29, 1.82) is 0 Å². The fraction of sp³-hybridized carbons (Fsp3) is 0.167. The molecule has 0 heterocycles. The van der Waals surface area contributed by atoms with E-state index >= 15 is 0 Å². The second-order valence-corrected chi connectivity index (χ2v) is 7.91. The molecule has 0 radical (unpaired) electrons. The van der Waals surface area contributed by atoms with E-state index in [-0.39, 0.29) is 5.91 Å². The zero-order valence-electron chi connectivity index (χ0n) is 16.7. The fourth-order valence-electron chi connectivity index (χ4n) is 2.70. The summed E-state index contributed by atoms with van der Waals surface area (Å²) in [6, 6.07) is 20.2. The van der Waals surface area contributed by atoms with Gasteiger partial charge in [0.1, 0.15) is 12.4 Å². The van der Waals surface area contributed by atoms with Gasteiger partial charge < -0.3 is 4.74 Å². The quantitative estimate of drug-likeness (QED) is 0.338. The first kappa shape index (κ1) is 21.9. The van der Waals surface area contributed by atoms with Crippen LogP contribution < -0.4 is 10.2 Å². The molecule has 0 aliphatic carbocycles. The molecule has 0 aromatic heterocycles. The molecular weight excluding hydrogens is 419 g/mol. The van der Waals surface area contributed by atoms with E-state index in [1.165, 1.54) is 5.56 Å². The molecule has 4 nitrogen and oxygen atoms in total. The molecular formula is C24H22Cl2N2O2. The van der Waals surface area contributed by atoms with E-state index in [2.05, 4.69) is 36.5 Å². The molecule has 0 bridgehead atoms. The first-order valence-corrected chi connectivity index (χ1v) is 10.3. The Bertz CT molecular complexity index is 1030. The number of halogens is 2. The third-order valence-corrected chi connectivity index (χ3v) is 5.10. The number of amides is 1. The fourth-order valence-corrected chi connectivity index (χ4v) is 3.16. The van der Waals surface area contributed by atoms with Crippen molar-refractivity contribution < 1.29 is 9.53 Å². The van der Waals surface area contributed by atoms with Crippen molar-refractivity contribution in [3.05, 3.63) is 99.0 Å². The summed E-state index contributed by atoms with van der Waals surface area (Å²) in [5.74, 6) is 0.814. The predicted molar refractivity (Wildman–Crippen MR) is 123 cm³/mol. The molecule has 0 aliphatic rings. The van der Waals surface area contributed by atoms with E-state index in [0.717, 1.165) is 11.1 Å². The van der Waals surface area contributed by atoms with Crippen molar-refractivity contribution in [3.8, 4) is 5.75 Å². The summed E-state index contributed by atoms with van der Waals surface area (Å²) in [6.07, 6.45) is 1.62. The van der Waals surface area contributed by atoms with Crippen LogP contribution in [0.15, 0.2) is 71.8 Å². The monoisotopic (exact) mass is 440 g/mol. The Morgan fingerprint density at radius 3 is 2.37 bits per heavy atom. The number of benzene rings is 3. The highest BCUT2D eigenvalue weighted by Crippen LogP contribution is 2.23. The highest BCUT2D eigenvalue weighted by atomic mass is 35.5. The average Bonchev–Trinajstić information content (AvgIpc) is 2.74. The van der Waals surface area contributed by atoms with Gasteiger partial charge in [0.05, 0.1) is 6.21 Å². The van der Waals surface area contributed by atoms with Gasteiger partial charge in [0.15, 0.2) is 0 Å². The molecule has 154 valence electrons. The van der Waals surface area contributed by atoms with Gasteiger partial charge in [0.2, 0.25) is 0 Å². The summed E-state index contributed by atoms with van der Waals surface area (Å²) in [7, 11) is 0. The molecule has 0 atom stereocenters. The molecule has 3 rings (SSSR count). The Morgan fingerprint density at radius 1 is 1.03 bits per heavy atom. The van der Waals surface area contributed by atoms with Crippen LogP contribution in [0.25, 0.3) is 0 Å². The van der Waals surface area contributed by atoms with Crippen molar-refractivity contribution in [2.24, 2.45) is 5.10 Å². The third kappa shape index (κ3) is 6.09. The van der Waals surface area contributed by atoms with Crippen LogP contribution in [-0.4, -0.2) is 12.1 Å². The third-order valence-electron chi connectivity index (χ3n) is 4.51. The maximum absolute atomic E-state index is 12.2. The molecule has 0 saturated carbocycles. The lowest BCUT2D eigenvalue weighted by atomic mass is 10.0. The largest absolute Gasteiger partial charge is 0.489 e. The molecule has 30 heavy (non-hydrogen) atoms. The van der Waals surface area contributed by atoms with Crippen LogP contribution in [0, 0.1) is 0 Å². The first-order chi connectivity index (χ1) is 14.4. The number of carbonyl (C=O) groups is 1. The number of hydrogen-bond donors (Lipinski definition) is 1. The van der Waals surface area contributed by atoms with Crippen molar-refractivity contribution in [2.45, 2.75) is 26.4 Å². The van der Waals surface area contributed by atoms with Gasteiger partial charge in [-0.25, -0.2) is 5.43 Å². The zero-order valence-corrected chi connectivity index (χ0v) is 18.2. The molecule has 0 spiro atoms. The SMILES string of the molecule is CC(C)c1ccc(/C=N/NC(=O)c2ccc(OCc3ccc(Cl)cc3Cl)cc2)cc1. The van der Waals surface area contributed by atoms with Crippen LogP contribution in [0.1, 0.15) is 46.8 Å². The lowest BCUT2D eigenvalue weighted by Gasteiger charge is -2.08. The van der Waals surface area contributed by atoms with Gasteiger partial charge in [0, 0.05) is 21.2 Å². The maximum Gasteiger partial charge on any atom is 0.271 e. The molecule has 6 heteroatoms. The van der Waals surface area contributed by atoms with E-state index < -0.39 is 0 Å². The summed E-state index contributed by atoms with van der Waals surface area (Å²) < 4.78 is 5.72. The van der Waals surface area contributed by atoms with Crippen LogP contribution in [0.4, 0.5) is 0 Å². The molecule has 1 N–H and O–H groups in total. The minimum atomic E-state index is -0.294. The lowest BCUT2D eigenvalue weighted by Crippen LogP contribution is -2.17. The van der Waals surface area contributed by atoms with Gasteiger partial charge in [-0.05, 0) is 53.4 Å². The number of rotatable bonds is 7. The van der Waals surface area contributed by atoms with Gasteiger partial charge in [-0.3, -0.25) is 4.79 Å². The highest BCUT2D eigenvalue weighted by molar-refractivity contribution is 6.35. The Kier molecular flexibility index (Phi) is 7.50. The summed E-state index contributed by atoms with van der Waals surface area (Å²) in [4.78, 5) is 12.2. The second-order valence-electron chi connectivity index (χ2n) is 7.07. The summed E-state index contributed by atoms with van der Waals surface area (Å²) in [5.41, 5.74) is 6.03. The average molecular weight is 441 g/mol. The smallest absolute Gasteiger partial charge is 0.271 e. The van der Waals surface area contributed by atoms with E-state index in [4.69, 9.17) is 27.9 Å². The van der Waals surface area contributed by atoms with Gasteiger partial charge in [-0.1, -0.05) is 67.4 Å². The molecule has 1 amide bonds. The summed E-state index contributed by atoms with van der Waals surface area (Å²) >= 11 is 12.0. The minimum Gasteiger partial charge on any atom is -0.489 e. The number of carbonyl (C=O) groups excluding carboxylic acids is 1. The second kappa shape index (κ2) is 10.3. The topological polar surface area (TPSA) is 50.7 Å². The number of hydrazone groups is 1. The summed E-state index contributed by atoms with van der Waals surface area (Å²) in [6.45, 7) is 4.60. The molecule has 0 fully saturated rings. The Hall–Kier alpha value is -2.82. The minimum absolute atomic E-state index is 0.294. The van der Waals surface area contributed by atoms with E-state index in [1.807, 2.05) is 18.2 Å². The van der Waals surface area contributed by atoms with Crippen molar-refractivity contribution in [2.75, 3.05) is 0 Å². The number of ether oxygens (including phenoxy) is 1. The standard InChI is InChI=1S/C24H22Cl2N2O2/c1-16(2)18-5-3-17(4-6-18)14-27-28-24(29)19-8-11-22(12-9-19)30-15-20-7-10-21(25)13-23(20)26/h3-14,16H,15H2,1-2H3,(H,28,29)/b27-14+. The van der Waals surface area contributed by atoms with E-state index in [9.17, 15) is 4.79 Å². The first-order valence-electron chi connectivity index (χ1n) is 9.52. The zero-order chi connectivity index (χ0) is 21.5. The van der Waals surface area contributed by atoms with Gasteiger partial charge in [0.25, 0.3) is 5.91 Å². The Labute approximate surface area is 186 Å². The van der Waals surface area contributed by atoms with Gasteiger partial charge in [-0.2, -0.15) is 5.10 Å². The van der Waals surface area contributed by atoms with Crippen LogP contribution in [-0.2, 0) is 6.61 Å². The van der Waals surface area contributed by atoms with Crippen molar-refractivity contribution >= 4 is 35.3 Å². The number of nitrogens with zero attached hydrogens (tertiary/aromatic N) is 1. The van der Waals surface area contributed by atoms with Crippen LogP contribution in [0.2, 0.25) is 10.0 Å². The van der Waals surface area contributed by atoms with Crippen molar-refractivity contribution in [3.63, 3.8) is 0 Å². The molecule has 3 aromatic carbocycles. The normalized spacial score (nSPS) is 11.1. The molecule has 0 saturated heterocycles. The predicted octanol–water partition coefficient (Wildman–Crippen LogP) is 6.46. The number of hydrogen-bond acceptors (Lipinski definition) is 3. The maximum atomic E-state index is 12.2. The van der Waals surface area contributed by atoms with Crippen LogP contribution in [0.3, 0.4) is 0 Å². The van der Waals surface area contributed by atoms with E-state index in [0.29, 0.717) is 33.9 Å². The Balaban J connectivity index is 1.53. The molecule has 0 unspecified atom stereocenters. The summed E-state index contributed by atoms with van der Waals surface area (Å²) in [5, 5.41) is 5.16. The van der Waals surface area contributed by atoms with E-state index in [1.54, 1.807) is 42.6 Å². The number of nitrogens with one attached hydrogen (secondary N) is 1. The van der Waals surface area contributed by atoms with Crippen molar-refractivity contribution in [1.82, 2.24) is 5.43 Å². The van der Waals surface area contributed by atoms with Gasteiger partial charge in [-0.15, -0.1) is 0 Å². The van der Waals surface area contributed by atoms with Gasteiger partial charge >= 0.3 is 0 Å². The lowest BCUT2D eigenvalue weighted by molar-refractivity contribution is 0.0955. The Morgan fingerprint density at radius 2 is 1.73 bits per heavy atom. The highest BCUT2D eigenvalue weighted by Gasteiger charge is 2.06.